The average Bonchev–Trinajstić information content (AvgIpc) is 3.90. The molecule has 14 nitrogen and oxygen atoms in total. The molecule has 0 unspecified atom stereocenters. The highest BCUT2D eigenvalue weighted by Gasteiger charge is 2.22. The topological polar surface area (TPSA) is 162 Å². The molecule has 6 aromatic heterocycles. The minimum atomic E-state index is -0.319. The van der Waals surface area contributed by atoms with Gasteiger partial charge in [-0.1, -0.05) is 63.2 Å². The molecule has 0 fully saturated rings. The van der Waals surface area contributed by atoms with Crippen molar-refractivity contribution in [1.29, 1.82) is 0 Å². The van der Waals surface area contributed by atoms with Gasteiger partial charge in [0.1, 0.15) is 32.9 Å². The minimum absolute atomic E-state index is 0.157. The highest BCUT2D eigenvalue weighted by molar-refractivity contribution is 7.20. The van der Waals surface area contributed by atoms with Gasteiger partial charge < -0.3 is 19.5 Å². The van der Waals surface area contributed by atoms with E-state index >= 15 is 0 Å². The van der Waals surface area contributed by atoms with E-state index in [9.17, 15) is 8.78 Å². The molecule has 0 aliphatic heterocycles. The fourth-order valence-corrected chi connectivity index (χ4v) is 6.45. The van der Waals surface area contributed by atoms with Crippen molar-refractivity contribution in [1.82, 2.24) is 49.6 Å². The Kier molecular flexibility index (Phi) is 6.90. The molecule has 0 amide bonds. The van der Waals surface area contributed by atoms with Crippen LogP contribution in [0.2, 0.25) is 0 Å². The highest BCUT2D eigenvalue weighted by Crippen LogP contribution is 2.31. The van der Waals surface area contributed by atoms with Gasteiger partial charge in [-0.2, -0.15) is 0 Å². The average molecular weight is 659 g/mol. The second kappa shape index (κ2) is 11.4. The maximum Gasteiger partial charge on any atom is 0.316 e. The molecule has 0 atom stereocenters. The van der Waals surface area contributed by atoms with Crippen LogP contribution < -0.4 is 10.6 Å². The Bertz CT molecular complexity index is 2320. The third-order valence-electron chi connectivity index (χ3n) is 6.88. The first-order valence-corrected chi connectivity index (χ1v) is 15.4. The van der Waals surface area contributed by atoms with Crippen molar-refractivity contribution in [3.8, 4) is 21.8 Å². The van der Waals surface area contributed by atoms with Gasteiger partial charge >= 0.3 is 12.0 Å². The van der Waals surface area contributed by atoms with Crippen molar-refractivity contribution < 1.29 is 17.6 Å². The molecular formula is C28H20F2N12O2S2. The zero-order valence-electron chi connectivity index (χ0n) is 23.7. The van der Waals surface area contributed by atoms with Crippen molar-refractivity contribution in [3.05, 3.63) is 94.8 Å². The van der Waals surface area contributed by atoms with Crippen molar-refractivity contribution in [2.75, 3.05) is 10.6 Å². The van der Waals surface area contributed by atoms with Crippen LogP contribution in [0.25, 0.3) is 31.5 Å². The summed E-state index contributed by atoms with van der Waals surface area (Å²) in [5.41, 5.74) is 2.10. The molecule has 0 saturated carbocycles. The van der Waals surface area contributed by atoms with Gasteiger partial charge in [-0.15, -0.1) is 20.4 Å². The number of fused-ring (bicyclic) bond motifs is 2. The molecule has 2 N–H and O–H groups in total. The van der Waals surface area contributed by atoms with Gasteiger partial charge in [0.2, 0.25) is 10.0 Å². The van der Waals surface area contributed by atoms with Gasteiger partial charge in [0, 0.05) is 18.7 Å². The SMILES string of the molecule is Cc1nc(Cc2ncc3sc(-c4nnc(NCc5ccc(F)cc5)o4)nn23)c2sc(-c3nnc(NCc4ccccc4F)o3)nn12. The maximum absolute atomic E-state index is 14.0. The smallest absolute Gasteiger partial charge is 0.316 e. The van der Waals surface area contributed by atoms with Crippen molar-refractivity contribution in [2.45, 2.75) is 26.4 Å². The summed E-state index contributed by atoms with van der Waals surface area (Å²) in [6, 6.07) is 13.0. The molecule has 18 heteroatoms. The monoisotopic (exact) mass is 658 g/mol. The molecule has 0 radical (unpaired) electrons. The quantitative estimate of drug-likeness (QED) is 0.193. The molecule has 8 aromatic rings. The van der Waals surface area contributed by atoms with Crippen LogP contribution in [0.15, 0.2) is 63.6 Å². The summed E-state index contributed by atoms with van der Waals surface area (Å²) in [4.78, 5) is 10.9. The molecule has 6 heterocycles. The number of aryl methyl sites for hydroxylation is 1. The Morgan fingerprint density at radius 1 is 0.804 bits per heavy atom. The lowest BCUT2D eigenvalue weighted by Gasteiger charge is -2.02. The van der Waals surface area contributed by atoms with Crippen LogP contribution in [0.5, 0.6) is 0 Å². The molecular weight excluding hydrogens is 639 g/mol. The Hall–Kier alpha value is -5.62. The highest BCUT2D eigenvalue weighted by atomic mass is 32.1. The van der Waals surface area contributed by atoms with Gasteiger partial charge in [0.15, 0.2) is 0 Å². The van der Waals surface area contributed by atoms with E-state index in [1.807, 2.05) is 6.92 Å². The lowest BCUT2D eigenvalue weighted by molar-refractivity contribution is 0.575. The summed E-state index contributed by atoms with van der Waals surface area (Å²) >= 11 is 2.72. The van der Waals surface area contributed by atoms with Crippen LogP contribution in [-0.2, 0) is 19.5 Å². The van der Waals surface area contributed by atoms with Gasteiger partial charge in [0.05, 0.1) is 18.3 Å². The number of rotatable bonds is 10. The predicted octanol–water partition coefficient (Wildman–Crippen LogP) is 5.40. The van der Waals surface area contributed by atoms with Crippen LogP contribution in [0.3, 0.4) is 0 Å². The summed E-state index contributed by atoms with van der Waals surface area (Å²) in [7, 11) is 0. The number of nitrogens with zero attached hydrogens (tertiary/aromatic N) is 10. The number of aromatic nitrogens is 10. The van der Waals surface area contributed by atoms with Gasteiger partial charge in [0.25, 0.3) is 11.8 Å². The standard InChI is InChI=1S/C28H20F2N12O2S2/c1-14-34-19(26-41(14)39-25(46-26)23-36-38-28(44-23)33-12-16-4-2-3-5-18(16)30)10-20-31-13-21-42(20)40-24(45-21)22-35-37-27(43-22)32-11-15-6-8-17(29)9-7-15/h2-9,13H,10-12H2,1H3,(H,32,37)(H,33,38). The van der Waals surface area contributed by atoms with Crippen molar-refractivity contribution in [3.63, 3.8) is 0 Å². The summed E-state index contributed by atoms with van der Waals surface area (Å²) in [6.45, 7) is 2.45. The molecule has 230 valence electrons. The van der Waals surface area contributed by atoms with E-state index in [0.717, 1.165) is 20.9 Å². The van der Waals surface area contributed by atoms with E-state index in [4.69, 9.17) is 13.8 Å². The summed E-state index contributed by atoms with van der Waals surface area (Å²) < 4.78 is 42.1. The number of halogens is 2. The molecule has 2 aromatic carbocycles. The lowest BCUT2D eigenvalue weighted by atomic mass is 10.2. The van der Waals surface area contributed by atoms with Gasteiger partial charge in [-0.3, -0.25) is 0 Å². The molecule has 0 aliphatic rings. The summed E-state index contributed by atoms with van der Waals surface area (Å²) in [5.74, 6) is 1.22. The van der Waals surface area contributed by atoms with Crippen LogP contribution >= 0.6 is 22.7 Å². The van der Waals surface area contributed by atoms with E-state index in [-0.39, 0.29) is 42.0 Å². The van der Waals surface area contributed by atoms with Crippen LogP contribution in [0, 0.1) is 18.6 Å². The molecule has 0 aliphatic carbocycles. The Labute approximate surface area is 264 Å². The predicted molar refractivity (Wildman–Crippen MR) is 163 cm³/mol. The summed E-state index contributed by atoms with van der Waals surface area (Å²) in [6.07, 6.45) is 2.11. The van der Waals surface area contributed by atoms with Crippen LogP contribution in [0.4, 0.5) is 20.8 Å². The lowest BCUT2D eigenvalue weighted by Crippen LogP contribution is -2.01. The molecule has 0 bridgehead atoms. The zero-order valence-corrected chi connectivity index (χ0v) is 25.3. The second-order valence-electron chi connectivity index (χ2n) is 9.99. The number of anilines is 2. The molecule has 8 rings (SSSR count). The first kappa shape index (κ1) is 27.9. The number of nitrogens with one attached hydrogen (secondary N) is 2. The van der Waals surface area contributed by atoms with E-state index in [2.05, 4.69) is 46.2 Å². The molecule has 0 spiro atoms. The molecule has 46 heavy (non-hydrogen) atoms. The van der Waals surface area contributed by atoms with Gasteiger partial charge in [-0.25, -0.2) is 27.8 Å². The van der Waals surface area contributed by atoms with E-state index in [1.165, 1.54) is 40.9 Å². The Morgan fingerprint density at radius 3 is 2.26 bits per heavy atom. The molecule has 0 saturated heterocycles. The van der Waals surface area contributed by atoms with E-state index < -0.39 is 0 Å². The van der Waals surface area contributed by atoms with Crippen molar-refractivity contribution in [2.24, 2.45) is 0 Å². The third-order valence-corrected chi connectivity index (χ3v) is 8.87. The summed E-state index contributed by atoms with van der Waals surface area (Å²) in [5, 5.41) is 32.6. The van der Waals surface area contributed by atoms with Crippen LogP contribution in [0.1, 0.15) is 28.5 Å². The maximum atomic E-state index is 14.0. The fourth-order valence-electron chi connectivity index (χ4n) is 4.65. The van der Waals surface area contributed by atoms with Gasteiger partial charge in [-0.05, 0) is 30.7 Å². The normalized spacial score (nSPS) is 11.6. The van der Waals surface area contributed by atoms with E-state index in [0.29, 0.717) is 40.2 Å². The zero-order chi connectivity index (χ0) is 31.2. The second-order valence-corrected chi connectivity index (χ2v) is 12.0. The fraction of sp³-hybridized carbons (Fsp3) is 0.143. The van der Waals surface area contributed by atoms with Crippen LogP contribution in [-0.4, -0.2) is 49.6 Å². The third kappa shape index (κ3) is 5.32. The Balaban J connectivity index is 0.985. The first-order chi connectivity index (χ1) is 22.5. The number of hydrogen-bond acceptors (Lipinski definition) is 14. The number of imidazole rings is 2. The number of benzene rings is 2. The van der Waals surface area contributed by atoms with Crippen molar-refractivity contribution >= 4 is 44.4 Å². The Morgan fingerprint density at radius 2 is 1.50 bits per heavy atom. The van der Waals surface area contributed by atoms with E-state index in [1.54, 1.807) is 45.6 Å². The first-order valence-electron chi connectivity index (χ1n) is 13.8. The largest absolute Gasteiger partial charge is 0.401 e. The number of hydrogen-bond donors (Lipinski definition) is 2. The minimum Gasteiger partial charge on any atom is -0.401 e.